The molecule has 6 N–H and O–H groups in total. The molecule has 0 amide bonds. The van der Waals surface area contributed by atoms with E-state index in [0.29, 0.717) is 47.6 Å². The predicted molar refractivity (Wildman–Crippen MR) is 201 cm³/mol. The van der Waals surface area contributed by atoms with Crippen molar-refractivity contribution in [2.24, 2.45) is 5.92 Å². The van der Waals surface area contributed by atoms with Crippen LogP contribution in [0.2, 0.25) is 0 Å². The number of hydrogen-bond donors (Lipinski definition) is 6. The van der Waals surface area contributed by atoms with Gasteiger partial charge in [0.1, 0.15) is 5.76 Å². The van der Waals surface area contributed by atoms with Crippen LogP contribution in [0.25, 0.3) is 0 Å². The molecule has 2 aliphatic heterocycles. The average Bonchev–Trinajstić information content (AvgIpc) is 3.38. The number of aliphatic hydroxyl groups is 2. The van der Waals surface area contributed by atoms with Gasteiger partial charge in [0.25, 0.3) is 30.4 Å². The lowest BCUT2D eigenvalue weighted by molar-refractivity contribution is -0.136. The number of unbranched alkanes of at least 4 members (excludes halogenated alkanes) is 2. The maximum absolute atomic E-state index is 12.0. The van der Waals surface area contributed by atoms with Crippen LogP contribution < -0.4 is 9.80 Å². The van der Waals surface area contributed by atoms with E-state index in [4.69, 9.17) is 0 Å². The second kappa shape index (κ2) is 14.7. The highest BCUT2D eigenvalue weighted by Crippen LogP contribution is 2.52. The lowest BCUT2D eigenvalue weighted by Crippen LogP contribution is -2.38. The topological polar surface area (TPSA) is 247 Å². The molecule has 2 aromatic rings. The van der Waals surface area contributed by atoms with E-state index in [0.717, 1.165) is 11.3 Å². The summed E-state index contributed by atoms with van der Waals surface area (Å²) in [5.74, 6) is -2.89. The van der Waals surface area contributed by atoms with Gasteiger partial charge in [-0.2, -0.15) is 25.3 Å². The summed E-state index contributed by atoms with van der Waals surface area (Å²) in [6.07, 6.45) is 2.91. The third-order valence-electron chi connectivity index (χ3n) is 10.4. The van der Waals surface area contributed by atoms with Gasteiger partial charge in [0.05, 0.1) is 34.8 Å². The molecule has 15 nitrogen and oxygen atoms in total. The molecule has 1 aliphatic carbocycles. The lowest BCUT2D eigenvalue weighted by Gasteiger charge is -2.37. The summed E-state index contributed by atoms with van der Waals surface area (Å²) in [4.78, 5) is 14.9. The fraction of sp³-hybridized carbons (Fsp3) is 0.472. The minimum Gasteiger partial charge on any atom is -0.511 e. The molecule has 296 valence electrons. The summed E-state index contributed by atoms with van der Waals surface area (Å²) in [7, 11) is -12.9. The normalized spacial score (nSPS) is 22.1. The molecule has 54 heavy (non-hydrogen) atoms. The average molecular weight is 811 g/mol. The molecular weight excluding hydrogens is 765 g/mol. The zero-order valence-corrected chi connectivity index (χ0v) is 32.7. The van der Waals surface area contributed by atoms with Gasteiger partial charge in [0, 0.05) is 52.3 Å². The largest absolute Gasteiger partial charge is 0.511 e. The van der Waals surface area contributed by atoms with Crippen molar-refractivity contribution >= 4 is 47.7 Å². The first-order chi connectivity index (χ1) is 24.8. The van der Waals surface area contributed by atoms with E-state index in [2.05, 4.69) is 0 Å². The highest BCUT2D eigenvalue weighted by atomic mass is 32.2. The summed E-state index contributed by atoms with van der Waals surface area (Å²) < 4.78 is 97.7. The molecule has 2 atom stereocenters. The van der Waals surface area contributed by atoms with Crippen molar-refractivity contribution in [3.05, 3.63) is 88.0 Å². The van der Waals surface area contributed by atoms with Gasteiger partial charge < -0.3 is 25.1 Å². The second-order valence-corrected chi connectivity index (χ2v) is 19.6. The van der Waals surface area contributed by atoms with Gasteiger partial charge in [-0.1, -0.05) is 45.9 Å². The Labute approximate surface area is 315 Å². The molecule has 18 heteroatoms. The number of aliphatic carboxylic acids is 1. The van der Waals surface area contributed by atoms with Gasteiger partial charge >= 0.3 is 5.97 Å². The first-order valence-corrected chi connectivity index (χ1v) is 22.0. The molecule has 0 bridgehead atoms. The highest BCUT2D eigenvalue weighted by Gasteiger charge is 2.46. The van der Waals surface area contributed by atoms with Crippen LogP contribution in [0, 0.1) is 5.92 Å². The van der Waals surface area contributed by atoms with Gasteiger partial charge in [-0.15, -0.1) is 0 Å². The molecule has 0 radical (unpaired) electrons. The maximum atomic E-state index is 12.0. The number of aliphatic hydroxyl groups excluding tert-OH is 2. The highest BCUT2D eigenvalue weighted by molar-refractivity contribution is 7.86. The zero-order valence-electron chi connectivity index (χ0n) is 30.3. The Morgan fingerprint density at radius 1 is 0.759 bits per heavy atom. The number of anilines is 2. The summed E-state index contributed by atoms with van der Waals surface area (Å²) in [5.41, 5.74) is 3.04. The summed E-state index contributed by atoms with van der Waals surface area (Å²) >= 11 is 0. The number of carbonyl (C=O) groups is 1. The van der Waals surface area contributed by atoms with Crippen LogP contribution in [-0.4, -0.2) is 90.9 Å². The first-order valence-electron chi connectivity index (χ1n) is 17.3. The maximum Gasteiger partial charge on any atom is 0.307 e. The van der Waals surface area contributed by atoms with Gasteiger partial charge in [-0.3, -0.25) is 18.5 Å². The number of carboxylic acid groups (broad SMARTS) is 1. The van der Waals surface area contributed by atoms with Crippen LogP contribution >= 0.6 is 0 Å². The Kier molecular flexibility index (Phi) is 11.3. The Hall–Kier alpha value is -3.78. The molecule has 0 saturated carbocycles. The van der Waals surface area contributed by atoms with E-state index < -0.39 is 70.7 Å². The van der Waals surface area contributed by atoms with E-state index in [-0.39, 0.29) is 42.0 Å². The third-order valence-corrected chi connectivity index (χ3v) is 12.9. The zero-order chi connectivity index (χ0) is 40.2. The number of nitrogens with zero attached hydrogens (tertiary/aromatic N) is 2. The van der Waals surface area contributed by atoms with Crippen molar-refractivity contribution in [1.29, 1.82) is 0 Å². The Balaban J connectivity index is 1.53. The molecule has 0 spiro atoms. The number of carboxylic acids is 1. The van der Waals surface area contributed by atoms with Crippen molar-refractivity contribution in [3.8, 4) is 0 Å². The fourth-order valence-electron chi connectivity index (χ4n) is 7.61. The molecule has 0 saturated heterocycles. The minimum atomic E-state index is -4.55. The van der Waals surface area contributed by atoms with Crippen LogP contribution in [0.15, 0.2) is 76.2 Å². The van der Waals surface area contributed by atoms with Crippen LogP contribution in [0.3, 0.4) is 0 Å². The van der Waals surface area contributed by atoms with Gasteiger partial charge in [-0.05, 0) is 72.7 Å². The molecular formula is C36H46N2O13S3. The molecule has 2 aromatic carbocycles. The molecule has 0 fully saturated rings. The van der Waals surface area contributed by atoms with Crippen molar-refractivity contribution in [2.45, 2.75) is 81.6 Å². The minimum absolute atomic E-state index is 0.121. The molecule has 3 aliphatic rings. The number of hydrogen-bond acceptors (Lipinski definition) is 11. The molecule has 5 rings (SSSR count). The third kappa shape index (κ3) is 8.54. The Bertz CT molecular complexity index is 2280. The van der Waals surface area contributed by atoms with Gasteiger partial charge in [-0.25, -0.2) is 0 Å². The summed E-state index contributed by atoms with van der Waals surface area (Å²) in [6, 6.07) is 9.41. The Morgan fingerprint density at radius 3 is 1.76 bits per heavy atom. The first kappa shape index (κ1) is 41.4. The monoisotopic (exact) mass is 810 g/mol. The Morgan fingerprint density at radius 2 is 1.26 bits per heavy atom. The molecule has 2 heterocycles. The van der Waals surface area contributed by atoms with Crippen LogP contribution in [0.5, 0.6) is 0 Å². The van der Waals surface area contributed by atoms with Crippen LogP contribution in [0.1, 0.15) is 70.1 Å². The second-order valence-electron chi connectivity index (χ2n) is 15.0. The molecule has 2 unspecified atom stereocenters. The van der Waals surface area contributed by atoms with E-state index in [1.54, 1.807) is 30.4 Å². The smallest absolute Gasteiger partial charge is 0.307 e. The summed E-state index contributed by atoms with van der Waals surface area (Å²) in [5, 5.41) is 32.5. The number of benzene rings is 2. The van der Waals surface area contributed by atoms with Crippen molar-refractivity contribution < 1.29 is 59.0 Å². The van der Waals surface area contributed by atoms with Crippen molar-refractivity contribution in [2.75, 3.05) is 34.4 Å². The van der Waals surface area contributed by atoms with E-state index >= 15 is 0 Å². The van der Waals surface area contributed by atoms with Crippen LogP contribution in [-0.2, 0) is 52.4 Å². The van der Waals surface area contributed by atoms with E-state index in [1.807, 2.05) is 37.5 Å². The summed E-state index contributed by atoms with van der Waals surface area (Å²) in [6.45, 7) is 8.03. The standard InChI is InChI=1S/C36H46N2O13S3/c1-35(2)26-17-22(18-32(39)40)9-11-28(26)37(13-5-7-15-52(43,44)45)30(35)20-24-33(41)25(34(24)42)21-31-36(3,4)27-19-23(54(49,50)51)10-12-29(27)38(31)14-6-8-16-53(46,47)48/h9-12,17,19-21,24,33,41-42H,5-8,13-16,18H2,1-4H3,(H,39,40)(H,43,44,45)(H,46,47,48)(H,49,50,51)/b30-20+,31-21+. The van der Waals surface area contributed by atoms with Crippen molar-refractivity contribution in [3.63, 3.8) is 0 Å². The van der Waals surface area contributed by atoms with Crippen LogP contribution in [0.4, 0.5) is 11.4 Å². The van der Waals surface area contributed by atoms with Crippen molar-refractivity contribution in [1.82, 2.24) is 0 Å². The SMILES string of the molecule is CC1(C)/C(=C\C2C(O)=C(/C=C3/N(CCCCS(=O)(=O)O)c4ccc(S(=O)(=O)O)cc4C3(C)C)C2O)N(CCCCS(=O)(=O)O)c2ccc(CC(=O)O)cc21. The predicted octanol–water partition coefficient (Wildman–Crippen LogP) is 4.36. The number of fused-ring (bicyclic) bond motifs is 2. The fourth-order valence-corrected chi connectivity index (χ4v) is 9.25. The quantitative estimate of drug-likeness (QED) is 0.108. The van der Waals surface area contributed by atoms with Gasteiger partial charge in [0.15, 0.2) is 0 Å². The van der Waals surface area contributed by atoms with E-state index in [1.165, 1.54) is 18.2 Å². The van der Waals surface area contributed by atoms with E-state index in [9.17, 15) is 59.0 Å². The number of allylic oxidation sites excluding steroid dienone is 2. The number of rotatable bonds is 15. The molecule has 0 aromatic heterocycles. The van der Waals surface area contributed by atoms with Gasteiger partial charge in [0.2, 0.25) is 0 Å². The lowest BCUT2D eigenvalue weighted by atomic mass is 9.75.